The first-order chi connectivity index (χ1) is 13.1. The van der Waals surface area contributed by atoms with E-state index in [4.69, 9.17) is 69.6 Å². The Kier molecular flexibility index (Phi) is 6.96. The van der Waals surface area contributed by atoms with Gasteiger partial charge >= 0.3 is 0 Å². The van der Waals surface area contributed by atoms with E-state index in [1.807, 2.05) is 36.4 Å². The number of nitrogens with zero attached hydrogens (tertiary/aromatic N) is 3. The summed E-state index contributed by atoms with van der Waals surface area (Å²) in [5, 5.41) is 0. The molecule has 0 amide bonds. The Labute approximate surface area is 193 Å². The van der Waals surface area contributed by atoms with Gasteiger partial charge < -0.3 is 0 Å². The maximum Gasteiger partial charge on any atom is 0.250 e. The highest BCUT2D eigenvalue weighted by Gasteiger charge is 2.33. The van der Waals surface area contributed by atoms with E-state index in [1.165, 1.54) is 0 Å². The van der Waals surface area contributed by atoms with E-state index in [0.717, 1.165) is 12.0 Å². The molecule has 1 aromatic heterocycles. The fraction of sp³-hybridized carbons (Fsp3) is 0.211. The number of aromatic nitrogens is 3. The van der Waals surface area contributed by atoms with Crippen molar-refractivity contribution in [2.75, 3.05) is 0 Å². The van der Waals surface area contributed by atoms with Gasteiger partial charge in [-0.15, -0.1) is 0 Å². The molecule has 1 aliphatic carbocycles. The van der Waals surface area contributed by atoms with Crippen molar-refractivity contribution in [1.29, 1.82) is 0 Å². The average molecular weight is 496 g/mol. The lowest BCUT2D eigenvalue weighted by molar-refractivity contribution is 0.826. The van der Waals surface area contributed by atoms with E-state index < -0.39 is 7.59 Å². The topological polar surface area (TPSA) is 38.7 Å². The molecule has 1 heterocycles. The molecule has 0 fully saturated rings. The highest BCUT2D eigenvalue weighted by Crippen LogP contribution is 2.40. The molecule has 0 saturated heterocycles. The summed E-state index contributed by atoms with van der Waals surface area (Å²) in [7, 11) is 0. The van der Waals surface area contributed by atoms with Gasteiger partial charge in [-0.2, -0.15) is 0 Å². The summed E-state index contributed by atoms with van der Waals surface area (Å²) in [5.74, 6) is 0.398. The third-order valence-corrected chi connectivity index (χ3v) is 4.88. The van der Waals surface area contributed by atoms with E-state index in [0.29, 0.717) is 11.5 Å². The van der Waals surface area contributed by atoms with Crippen molar-refractivity contribution >= 4 is 75.7 Å². The molecule has 0 bridgehead atoms. The van der Waals surface area contributed by atoms with Crippen molar-refractivity contribution in [1.82, 2.24) is 15.0 Å². The van der Waals surface area contributed by atoms with Crippen LogP contribution in [0.1, 0.15) is 23.6 Å². The fourth-order valence-electron chi connectivity index (χ4n) is 2.48. The van der Waals surface area contributed by atoms with Gasteiger partial charge in [-0.25, -0.2) is 15.0 Å². The van der Waals surface area contributed by atoms with Gasteiger partial charge in [-0.05, 0) is 17.9 Å². The van der Waals surface area contributed by atoms with Gasteiger partial charge in [-0.3, -0.25) is 0 Å². The second-order valence-electron chi connectivity index (χ2n) is 6.00. The van der Waals surface area contributed by atoms with Crippen molar-refractivity contribution in [2.24, 2.45) is 5.92 Å². The normalized spacial score (nSPS) is 17.4. The smallest absolute Gasteiger partial charge is 0.209 e. The number of hydrogen-bond donors (Lipinski definition) is 0. The monoisotopic (exact) mass is 493 g/mol. The highest BCUT2D eigenvalue weighted by molar-refractivity contribution is 6.67. The maximum absolute atomic E-state index is 5.91. The highest BCUT2D eigenvalue weighted by atomic mass is 35.6. The minimum atomic E-state index is -1.88. The molecule has 146 valence electrons. The molecule has 0 saturated carbocycles. The Morgan fingerprint density at radius 1 is 0.821 bits per heavy atom. The van der Waals surface area contributed by atoms with Crippen molar-refractivity contribution in [2.45, 2.75) is 14.0 Å². The Morgan fingerprint density at radius 3 is 1.93 bits per heavy atom. The lowest BCUT2D eigenvalue weighted by atomic mass is 9.99. The Balaban J connectivity index is 1.89. The molecule has 1 unspecified atom stereocenters. The Hall–Kier alpha value is -0.810. The summed E-state index contributed by atoms with van der Waals surface area (Å²) in [4.78, 5) is 12.4. The minimum Gasteiger partial charge on any atom is -0.209 e. The fourth-order valence-corrected chi connectivity index (χ4v) is 2.99. The van der Waals surface area contributed by atoms with Crippen LogP contribution in [0.3, 0.4) is 0 Å². The maximum atomic E-state index is 5.91. The number of allylic oxidation sites excluding steroid dienone is 5. The third kappa shape index (κ3) is 5.85. The summed E-state index contributed by atoms with van der Waals surface area (Å²) in [5.41, 5.74) is 1.70. The summed E-state index contributed by atoms with van der Waals surface area (Å²) in [6.07, 6.45) is 13.6. The predicted octanol–water partition coefficient (Wildman–Crippen LogP) is 7.34. The largest absolute Gasteiger partial charge is 0.250 e. The molecule has 3 nitrogen and oxygen atoms in total. The first kappa shape index (κ1) is 21.9. The molecule has 9 heteroatoms. The van der Waals surface area contributed by atoms with Crippen LogP contribution in [0.5, 0.6) is 0 Å². The zero-order valence-corrected chi connectivity index (χ0v) is 18.7. The predicted molar refractivity (Wildman–Crippen MR) is 119 cm³/mol. The molecule has 1 aromatic carbocycles. The number of hydrogen-bond acceptors (Lipinski definition) is 3. The van der Waals surface area contributed by atoms with Crippen LogP contribution in [0.15, 0.2) is 54.6 Å². The van der Waals surface area contributed by atoms with E-state index in [2.05, 4.69) is 39.3 Å². The van der Waals surface area contributed by atoms with E-state index in [1.54, 1.807) is 0 Å². The van der Waals surface area contributed by atoms with Crippen molar-refractivity contribution in [3.8, 4) is 11.4 Å². The number of benzene rings is 1. The molecule has 0 radical (unpaired) electrons. The molecule has 28 heavy (non-hydrogen) atoms. The van der Waals surface area contributed by atoms with Crippen LogP contribution in [0.4, 0.5) is 0 Å². The summed E-state index contributed by atoms with van der Waals surface area (Å²) < 4.78 is -3.76. The minimum absolute atomic E-state index is 0.120. The molecule has 0 N–H and O–H groups in total. The second-order valence-corrected chi connectivity index (χ2v) is 10.6. The molecule has 2 aromatic rings. The lowest BCUT2D eigenvalue weighted by Gasteiger charge is -2.15. The second kappa shape index (κ2) is 8.91. The number of alkyl halides is 6. The Bertz CT molecular complexity index is 892. The van der Waals surface area contributed by atoms with Crippen LogP contribution in [0, 0.1) is 5.92 Å². The van der Waals surface area contributed by atoms with Crippen molar-refractivity contribution in [3.05, 3.63) is 71.9 Å². The van der Waals surface area contributed by atoms with Crippen LogP contribution in [0.2, 0.25) is 0 Å². The summed E-state index contributed by atoms with van der Waals surface area (Å²) >= 11 is 35.5. The molecular formula is C19H13Cl6N3. The van der Waals surface area contributed by atoms with Crippen LogP contribution >= 0.6 is 69.6 Å². The van der Waals surface area contributed by atoms with Gasteiger partial charge in [0.15, 0.2) is 17.5 Å². The zero-order chi connectivity index (χ0) is 20.4. The molecule has 0 aliphatic heterocycles. The van der Waals surface area contributed by atoms with Gasteiger partial charge in [0.25, 0.3) is 0 Å². The first-order valence-electron chi connectivity index (χ1n) is 8.15. The van der Waals surface area contributed by atoms with Gasteiger partial charge in [-0.1, -0.05) is 130 Å². The van der Waals surface area contributed by atoms with Gasteiger partial charge in [0.1, 0.15) is 0 Å². The van der Waals surface area contributed by atoms with Gasteiger partial charge in [0.05, 0.1) is 0 Å². The molecular weight excluding hydrogens is 483 g/mol. The summed E-state index contributed by atoms with van der Waals surface area (Å²) in [6, 6.07) is 7.55. The molecule has 3 rings (SSSR count). The molecule has 0 spiro atoms. The van der Waals surface area contributed by atoms with E-state index in [9.17, 15) is 0 Å². The van der Waals surface area contributed by atoms with Crippen LogP contribution in [0.25, 0.3) is 17.5 Å². The quantitative estimate of drug-likeness (QED) is 0.418. The summed E-state index contributed by atoms with van der Waals surface area (Å²) in [6.45, 7) is 0. The van der Waals surface area contributed by atoms with Crippen LogP contribution in [-0.2, 0) is 7.59 Å². The van der Waals surface area contributed by atoms with E-state index >= 15 is 0 Å². The average Bonchev–Trinajstić information content (AvgIpc) is 2.66. The van der Waals surface area contributed by atoms with Crippen LogP contribution < -0.4 is 0 Å². The van der Waals surface area contributed by atoms with Crippen LogP contribution in [-0.4, -0.2) is 15.0 Å². The SMILES string of the molecule is ClC(Cl)(Cl)c1nc(-c2ccc(C=CC3C=CC=CC3)cc2)nc(C(Cl)(Cl)Cl)n1. The number of halogens is 6. The van der Waals surface area contributed by atoms with Gasteiger partial charge in [0, 0.05) is 5.56 Å². The number of rotatable bonds is 3. The third-order valence-electron chi connectivity index (χ3n) is 3.86. The first-order valence-corrected chi connectivity index (χ1v) is 10.4. The molecule has 1 atom stereocenters. The van der Waals surface area contributed by atoms with E-state index in [-0.39, 0.29) is 17.5 Å². The van der Waals surface area contributed by atoms with Gasteiger partial charge in [0.2, 0.25) is 7.59 Å². The van der Waals surface area contributed by atoms with Crippen molar-refractivity contribution < 1.29 is 0 Å². The van der Waals surface area contributed by atoms with Crippen molar-refractivity contribution in [3.63, 3.8) is 0 Å². The zero-order valence-electron chi connectivity index (χ0n) is 14.2. The lowest BCUT2D eigenvalue weighted by Crippen LogP contribution is -2.16. The Morgan fingerprint density at radius 2 is 1.43 bits per heavy atom. The standard InChI is InChI=1S/C19H13Cl6N3/c20-18(21,22)16-26-15(27-17(28-16)19(23,24)25)14-10-8-13(9-11-14)7-6-12-4-2-1-3-5-12/h1-4,6-12H,5H2. The molecule has 1 aliphatic rings.